The Morgan fingerprint density at radius 1 is 1.22 bits per heavy atom. The van der Waals surface area contributed by atoms with Crippen LogP contribution in [-0.4, -0.2) is 24.9 Å². The van der Waals surface area contributed by atoms with E-state index in [1.807, 2.05) is 26.2 Å². The maximum atomic E-state index is 12.1. The molecule has 18 heavy (non-hydrogen) atoms. The summed E-state index contributed by atoms with van der Waals surface area (Å²) < 4.78 is 0. The van der Waals surface area contributed by atoms with Crippen LogP contribution >= 0.6 is 0 Å². The summed E-state index contributed by atoms with van der Waals surface area (Å²) in [6.45, 7) is 0. The fourth-order valence-electron chi connectivity index (χ4n) is 2.98. The number of hydrogen-bond acceptors (Lipinski definition) is 1. The van der Waals surface area contributed by atoms with Gasteiger partial charge in [-0.25, -0.2) is 0 Å². The van der Waals surface area contributed by atoms with Crippen molar-refractivity contribution in [1.82, 2.24) is 4.90 Å². The van der Waals surface area contributed by atoms with E-state index in [1.165, 1.54) is 24.8 Å². The minimum absolute atomic E-state index is 0.0642. The van der Waals surface area contributed by atoms with Crippen molar-refractivity contribution in [2.75, 3.05) is 14.1 Å². The van der Waals surface area contributed by atoms with Crippen LogP contribution in [0, 0.1) is 6.07 Å². The number of rotatable bonds is 3. The first-order chi connectivity index (χ1) is 8.64. The van der Waals surface area contributed by atoms with Gasteiger partial charge in [-0.3, -0.25) is 4.79 Å². The number of nitrogens with zero attached hydrogens (tertiary/aromatic N) is 1. The molecule has 0 aliphatic heterocycles. The Hall–Kier alpha value is -1.31. The van der Waals surface area contributed by atoms with Crippen LogP contribution in [0.2, 0.25) is 0 Å². The summed E-state index contributed by atoms with van der Waals surface area (Å²) >= 11 is 0. The molecular formula is C16H22NO. The van der Waals surface area contributed by atoms with E-state index in [0.29, 0.717) is 6.42 Å². The molecule has 2 nitrogen and oxygen atoms in total. The lowest BCUT2D eigenvalue weighted by molar-refractivity contribution is -0.130. The maximum absolute atomic E-state index is 12.1. The highest BCUT2D eigenvalue weighted by Gasteiger charge is 2.36. The lowest BCUT2D eigenvalue weighted by Gasteiger charge is -2.38. The van der Waals surface area contributed by atoms with Gasteiger partial charge in [-0.15, -0.1) is 0 Å². The molecule has 0 aromatic heterocycles. The van der Waals surface area contributed by atoms with E-state index in [-0.39, 0.29) is 11.3 Å². The second-order valence-electron chi connectivity index (χ2n) is 5.59. The largest absolute Gasteiger partial charge is 0.349 e. The average Bonchev–Trinajstić information content (AvgIpc) is 2.40. The Balaban J connectivity index is 2.26. The molecule has 1 aromatic carbocycles. The van der Waals surface area contributed by atoms with Gasteiger partial charge in [0, 0.05) is 25.9 Å². The number of amides is 1. The molecule has 2 rings (SSSR count). The third-order valence-electron chi connectivity index (χ3n) is 4.13. The molecule has 0 atom stereocenters. The summed E-state index contributed by atoms with van der Waals surface area (Å²) in [4.78, 5) is 13.8. The molecule has 0 saturated heterocycles. The highest BCUT2D eigenvalue weighted by Crippen LogP contribution is 2.42. The van der Waals surface area contributed by atoms with Gasteiger partial charge < -0.3 is 4.90 Å². The minimum Gasteiger partial charge on any atom is -0.349 e. The zero-order valence-electron chi connectivity index (χ0n) is 11.4. The first-order valence-corrected chi connectivity index (χ1v) is 6.81. The molecule has 1 amide bonds. The summed E-state index contributed by atoms with van der Waals surface area (Å²) in [5.41, 5.74) is 1.38. The highest BCUT2D eigenvalue weighted by atomic mass is 16.2. The predicted octanol–water partition coefficient (Wildman–Crippen LogP) is 3.17. The molecule has 0 N–H and O–H groups in total. The van der Waals surface area contributed by atoms with Crippen molar-refractivity contribution in [3.05, 3.63) is 35.9 Å². The van der Waals surface area contributed by atoms with Crippen LogP contribution in [0.3, 0.4) is 0 Å². The van der Waals surface area contributed by atoms with E-state index in [2.05, 4.69) is 18.2 Å². The molecular weight excluding hydrogens is 222 g/mol. The summed E-state index contributed by atoms with van der Waals surface area (Å²) in [5, 5.41) is 0. The third kappa shape index (κ3) is 2.74. The molecule has 1 aliphatic rings. The van der Waals surface area contributed by atoms with E-state index in [0.717, 1.165) is 12.8 Å². The maximum Gasteiger partial charge on any atom is 0.222 e. The molecule has 0 spiro atoms. The monoisotopic (exact) mass is 244 g/mol. The van der Waals surface area contributed by atoms with Crippen molar-refractivity contribution in [2.45, 2.75) is 43.9 Å². The van der Waals surface area contributed by atoms with Crippen molar-refractivity contribution < 1.29 is 4.79 Å². The van der Waals surface area contributed by atoms with Crippen molar-refractivity contribution >= 4 is 5.91 Å². The second kappa shape index (κ2) is 5.55. The smallest absolute Gasteiger partial charge is 0.222 e. The van der Waals surface area contributed by atoms with Crippen LogP contribution in [0.1, 0.15) is 44.1 Å². The standard InChI is InChI=1S/C16H22NO/c1-17(2)15(18)13-16(11-7-4-8-12-16)14-9-5-3-6-10-14/h5-6,9-10H,4,7-8,11-13H2,1-2H3. The van der Waals surface area contributed by atoms with Crippen LogP contribution in [0.25, 0.3) is 0 Å². The number of hydrogen-bond donors (Lipinski definition) is 0. The van der Waals surface area contributed by atoms with Gasteiger partial charge in [-0.2, -0.15) is 0 Å². The van der Waals surface area contributed by atoms with Gasteiger partial charge in [0.25, 0.3) is 0 Å². The normalized spacial score (nSPS) is 18.3. The zero-order chi connectivity index (χ0) is 13.0. The van der Waals surface area contributed by atoms with Gasteiger partial charge in [0.05, 0.1) is 0 Å². The first-order valence-electron chi connectivity index (χ1n) is 6.81. The Morgan fingerprint density at radius 3 is 2.39 bits per heavy atom. The lowest BCUT2D eigenvalue weighted by atomic mass is 9.67. The summed E-state index contributed by atoms with van der Waals surface area (Å²) in [5.74, 6) is 0.240. The van der Waals surface area contributed by atoms with Crippen molar-refractivity contribution in [3.63, 3.8) is 0 Å². The molecule has 1 aromatic rings. The van der Waals surface area contributed by atoms with Crippen LogP contribution in [0.4, 0.5) is 0 Å². The quantitative estimate of drug-likeness (QED) is 0.799. The SMILES string of the molecule is CN(C)C(=O)CC1(c2cc[c]cc2)CCCCC1. The van der Waals surface area contributed by atoms with Crippen LogP contribution < -0.4 is 0 Å². The Bertz CT molecular complexity index is 391. The van der Waals surface area contributed by atoms with E-state index in [4.69, 9.17) is 0 Å². The lowest BCUT2D eigenvalue weighted by Crippen LogP contribution is -2.36. The molecule has 1 saturated carbocycles. The average molecular weight is 244 g/mol. The topological polar surface area (TPSA) is 20.3 Å². The molecule has 2 heteroatoms. The molecule has 1 aliphatic carbocycles. The van der Waals surface area contributed by atoms with Gasteiger partial charge in [-0.05, 0) is 24.5 Å². The van der Waals surface area contributed by atoms with Crippen LogP contribution in [-0.2, 0) is 10.2 Å². The summed E-state index contributed by atoms with van der Waals surface area (Å²) in [6, 6.07) is 11.3. The van der Waals surface area contributed by atoms with Crippen molar-refractivity contribution in [1.29, 1.82) is 0 Å². The van der Waals surface area contributed by atoms with Gasteiger partial charge in [-0.1, -0.05) is 43.5 Å². The number of benzene rings is 1. The van der Waals surface area contributed by atoms with E-state index >= 15 is 0 Å². The second-order valence-corrected chi connectivity index (χ2v) is 5.59. The molecule has 0 bridgehead atoms. The molecule has 97 valence electrons. The molecule has 1 radical (unpaired) electrons. The zero-order valence-corrected chi connectivity index (χ0v) is 11.4. The Labute approximate surface area is 110 Å². The van der Waals surface area contributed by atoms with Gasteiger partial charge in [0.15, 0.2) is 0 Å². The van der Waals surface area contributed by atoms with E-state index in [1.54, 1.807) is 4.90 Å². The van der Waals surface area contributed by atoms with Gasteiger partial charge >= 0.3 is 0 Å². The van der Waals surface area contributed by atoms with Gasteiger partial charge in [0.1, 0.15) is 0 Å². The van der Waals surface area contributed by atoms with Gasteiger partial charge in [0.2, 0.25) is 5.91 Å². The third-order valence-corrected chi connectivity index (χ3v) is 4.13. The van der Waals surface area contributed by atoms with Crippen LogP contribution in [0.5, 0.6) is 0 Å². The fraction of sp³-hybridized carbons (Fsp3) is 0.562. The van der Waals surface area contributed by atoms with Crippen molar-refractivity contribution in [3.8, 4) is 0 Å². The molecule has 1 fully saturated rings. The summed E-state index contributed by atoms with van der Waals surface area (Å²) in [7, 11) is 3.69. The Kier molecular flexibility index (Phi) is 4.05. The minimum atomic E-state index is 0.0642. The molecule has 0 heterocycles. The summed E-state index contributed by atoms with van der Waals surface area (Å²) in [6.07, 6.45) is 6.69. The first kappa shape index (κ1) is 13.1. The van der Waals surface area contributed by atoms with Crippen molar-refractivity contribution in [2.24, 2.45) is 0 Å². The molecule has 0 unspecified atom stereocenters. The number of carbonyl (C=O) groups is 1. The van der Waals surface area contributed by atoms with E-state index in [9.17, 15) is 4.79 Å². The number of carbonyl (C=O) groups excluding carboxylic acids is 1. The predicted molar refractivity (Wildman–Crippen MR) is 73.4 cm³/mol. The van der Waals surface area contributed by atoms with E-state index < -0.39 is 0 Å². The highest BCUT2D eigenvalue weighted by molar-refractivity contribution is 5.77. The van der Waals surface area contributed by atoms with Crippen LogP contribution in [0.15, 0.2) is 24.3 Å². The fourth-order valence-corrected chi connectivity index (χ4v) is 2.98. The Morgan fingerprint density at radius 2 is 1.83 bits per heavy atom.